The SMILES string of the molecule is C[C@H](O)C[C@H]1COCCN1C(=O)N[C@H](C)CCc1cccc(F)c1. The van der Waals surface area contributed by atoms with E-state index in [4.69, 9.17) is 4.74 Å². The van der Waals surface area contributed by atoms with Crippen LogP contribution in [0, 0.1) is 5.82 Å². The summed E-state index contributed by atoms with van der Waals surface area (Å²) in [5, 5.41) is 12.6. The Morgan fingerprint density at radius 3 is 3.00 bits per heavy atom. The lowest BCUT2D eigenvalue weighted by Gasteiger charge is -2.37. The van der Waals surface area contributed by atoms with E-state index in [-0.39, 0.29) is 23.9 Å². The Hall–Kier alpha value is -1.66. The van der Waals surface area contributed by atoms with Crippen molar-refractivity contribution >= 4 is 6.03 Å². The summed E-state index contributed by atoms with van der Waals surface area (Å²) in [6, 6.07) is 6.28. The van der Waals surface area contributed by atoms with Gasteiger partial charge >= 0.3 is 6.03 Å². The zero-order valence-electron chi connectivity index (χ0n) is 14.4. The standard InChI is InChI=1S/C18H27FN2O3/c1-13(6-7-15-4-3-5-16(19)11-15)20-18(23)21-8-9-24-12-17(21)10-14(2)22/h3-5,11,13-14,17,22H,6-10,12H2,1-2H3,(H,20,23)/t13-,14+,17+/m1/s1. The molecule has 134 valence electrons. The van der Waals surface area contributed by atoms with Gasteiger partial charge in [0.15, 0.2) is 0 Å². The van der Waals surface area contributed by atoms with Crippen molar-refractivity contribution in [3.05, 3.63) is 35.6 Å². The molecule has 3 atom stereocenters. The van der Waals surface area contributed by atoms with Crippen molar-refractivity contribution in [1.82, 2.24) is 10.2 Å². The van der Waals surface area contributed by atoms with E-state index in [0.29, 0.717) is 32.6 Å². The number of nitrogens with zero attached hydrogens (tertiary/aromatic N) is 1. The van der Waals surface area contributed by atoms with Crippen LogP contribution in [0.1, 0.15) is 32.3 Å². The van der Waals surface area contributed by atoms with Crippen LogP contribution in [0.2, 0.25) is 0 Å². The third kappa shape index (κ3) is 5.76. The highest BCUT2D eigenvalue weighted by Gasteiger charge is 2.28. The third-order valence-electron chi connectivity index (χ3n) is 4.23. The zero-order valence-corrected chi connectivity index (χ0v) is 14.4. The van der Waals surface area contributed by atoms with Gasteiger partial charge < -0.3 is 20.1 Å². The Balaban J connectivity index is 1.83. The Labute approximate surface area is 142 Å². The summed E-state index contributed by atoms with van der Waals surface area (Å²) in [5.74, 6) is -0.238. The van der Waals surface area contributed by atoms with Crippen LogP contribution in [-0.2, 0) is 11.2 Å². The monoisotopic (exact) mass is 338 g/mol. The van der Waals surface area contributed by atoms with Crippen LogP contribution in [0.15, 0.2) is 24.3 Å². The molecule has 0 aromatic heterocycles. The van der Waals surface area contributed by atoms with Gasteiger partial charge in [-0.05, 0) is 50.8 Å². The molecule has 5 nitrogen and oxygen atoms in total. The molecule has 1 saturated heterocycles. The third-order valence-corrected chi connectivity index (χ3v) is 4.23. The van der Waals surface area contributed by atoms with E-state index in [0.717, 1.165) is 12.0 Å². The second kappa shape index (κ2) is 8.99. The molecule has 0 spiro atoms. The van der Waals surface area contributed by atoms with Gasteiger partial charge in [-0.25, -0.2) is 9.18 Å². The molecule has 2 amide bonds. The first-order valence-electron chi connectivity index (χ1n) is 8.53. The average molecular weight is 338 g/mol. The fourth-order valence-corrected chi connectivity index (χ4v) is 2.95. The highest BCUT2D eigenvalue weighted by atomic mass is 19.1. The summed E-state index contributed by atoms with van der Waals surface area (Å²) < 4.78 is 18.6. The maximum atomic E-state index is 13.2. The van der Waals surface area contributed by atoms with E-state index in [1.54, 1.807) is 17.9 Å². The number of rotatable bonds is 6. The predicted octanol–water partition coefficient (Wildman–Crippen LogP) is 2.33. The lowest BCUT2D eigenvalue weighted by atomic mass is 10.1. The molecular weight excluding hydrogens is 311 g/mol. The highest BCUT2D eigenvalue weighted by molar-refractivity contribution is 5.75. The summed E-state index contributed by atoms with van der Waals surface area (Å²) in [7, 11) is 0. The first-order valence-corrected chi connectivity index (χ1v) is 8.53. The van der Waals surface area contributed by atoms with Gasteiger partial charge in [-0.2, -0.15) is 0 Å². The van der Waals surface area contributed by atoms with Gasteiger partial charge in [-0.1, -0.05) is 12.1 Å². The van der Waals surface area contributed by atoms with Gasteiger partial charge in [0.25, 0.3) is 0 Å². The first-order chi connectivity index (χ1) is 11.5. The van der Waals surface area contributed by atoms with E-state index in [1.807, 2.05) is 13.0 Å². The fourth-order valence-electron chi connectivity index (χ4n) is 2.95. The molecule has 1 aliphatic heterocycles. The quantitative estimate of drug-likeness (QED) is 0.837. The molecule has 1 fully saturated rings. The summed E-state index contributed by atoms with van der Waals surface area (Å²) in [6.45, 7) is 5.16. The number of morpholine rings is 1. The molecular formula is C18H27FN2O3. The molecule has 6 heteroatoms. The largest absolute Gasteiger partial charge is 0.393 e. The fraction of sp³-hybridized carbons (Fsp3) is 0.611. The van der Waals surface area contributed by atoms with Crippen molar-refractivity contribution < 1.29 is 19.0 Å². The number of benzene rings is 1. The molecule has 1 aromatic rings. The number of halogens is 1. The lowest BCUT2D eigenvalue weighted by Crippen LogP contribution is -2.54. The maximum absolute atomic E-state index is 13.2. The predicted molar refractivity (Wildman–Crippen MR) is 90.3 cm³/mol. The van der Waals surface area contributed by atoms with Crippen LogP contribution in [0.5, 0.6) is 0 Å². The minimum absolute atomic E-state index is 0.0178. The van der Waals surface area contributed by atoms with Gasteiger partial charge in [0.05, 0.1) is 25.4 Å². The number of carbonyl (C=O) groups is 1. The van der Waals surface area contributed by atoms with Gasteiger partial charge in [0.1, 0.15) is 5.82 Å². The number of aryl methyl sites for hydroxylation is 1. The molecule has 1 aromatic carbocycles. The second-order valence-electron chi connectivity index (χ2n) is 6.53. The number of aliphatic hydroxyl groups is 1. The van der Waals surface area contributed by atoms with Crippen molar-refractivity contribution in [2.75, 3.05) is 19.8 Å². The number of aliphatic hydroxyl groups excluding tert-OH is 1. The van der Waals surface area contributed by atoms with Crippen LogP contribution in [0.4, 0.5) is 9.18 Å². The van der Waals surface area contributed by atoms with Crippen LogP contribution in [-0.4, -0.2) is 54.0 Å². The Morgan fingerprint density at radius 1 is 1.50 bits per heavy atom. The van der Waals surface area contributed by atoms with E-state index < -0.39 is 6.10 Å². The Bertz CT molecular complexity index is 539. The second-order valence-corrected chi connectivity index (χ2v) is 6.53. The van der Waals surface area contributed by atoms with Crippen molar-refractivity contribution in [3.63, 3.8) is 0 Å². The highest BCUT2D eigenvalue weighted by Crippen LogP contribution is 2.14. The normalized spacial score (nSPS) is 20.5. The molecule has 1 heterocycles. The molecule has 24 heavy (non-hydrogen) atoms. The number of nitrogens with one attached hydrogen (secondary N) is 1. The molecule has 0 aliphatic carbocycles. The van der Waals surface area contributed by atoms with E-state index >= 15 is 0 Å². The minimum Gasteiger partial charge on any atom is -0.393 e. The number of hydrogen-bond acceptors (Lipinski definition) is 3. The number of carbonyl (C=O) groups excluding carboxylic acids is 1. The molecule has 1 aliphatic rings. The summed E-state index contributed by atoms with van der Waals surface area (Å²) in [4.78, 5) is 14.2. The molecule has 0 saturated carbocycles. The van der Waals surface area contributed by atoms with E-state index in [9.17, 15) is 14.3 Å². The van der Waals surface area contributed by atoms with Crippen molar-refractivity contribution in [3.8, 4) is 0 Å². The van der Waals surface area contributed by atoms with Gasteiger partial charge in [-0.3, -0.25) is 0 Å². The maximum Gasteiger partial charge on any atom is 0.318 e. The van der Waals surface area contributed by atoms with Crippen LogP contribution < -0.4 is 5.32 Å². The summed E-state index contributed by atoms with van der Waals surface area (Å²) in [6.07, 6.45) is 1.47. The summed E-state index contributed by atoms with van der Waals surface area (Å²) in [5.41, 5.74) is 0.925. The van der Waals surface area contributed by atoms with Crippen molar-refractivity contribution in [1.29, 1.82) is 0 Å². The van der Waals surface area contributed by atoms with Crippen molar-refractivity contribution in [2.45, 2.75) is 51.3 Å². The van der Waals surface area contributed by atoms with E-state index in [1.165, 1.54) is 12.1 Å². The minimum atomic E-state index is -0.475. The first kappa shape index (κ1) is 18.7. The van der Waals surface area contributed by atoms with Crippen molar-refractivity contribution in [2.24, 2.45) is 0 Å². The van der Waals surface area contributed by atoms with Crippen LogP contribution in [0.25, 0.3) is 0 Å². The number of ether oxygens (including phenoxy) is 1. The number of amides is 2. The topological polar surface area (TPSA) is 61.8 Å². The van der Waals surface area contributed by atoms with Gasteiger partial charge in [-0.15, -0.1) is 0 Å². The number of urea groups is 1. The van der Waals surface area contributed by atoms with Crippen LogP contribution >= 0.6 is 0 Å². The van der Waals surface area contributed by atoms with Gasteiger partial charge in [0, 0.05) is 12.6 Å². The van der Waals surface area contributed by atoms with E-state index in [2.05, 4.69) is 5.32 Å². The number of hydrogen-bond donors (Lipinski definition) is 2. The average Bonchev–Trinajstić information content (AvgIpc) is 2.53. The summed E-state index contributed by atoms with van der Waals surface area (Å²) >= 11 is 0. The molecule has 2 N–H and O–H groups in total. The molecule has 0 unspecified atom stereocenters. The zero-order chi connectivity index (χ0) is 17.5. The van der Waals surface area contributed by atoms with Crippen LogP contribution in [0.3, 0.4) is 0 Å². The lowest BCUT2D eigenvalue weighted by molar-refractivity contribution is -0.00476. The molecule has 0 radical (unpaired) electrons. The Morgan fingerprint density at radius 2 is 2.29 bits per heavy atom. The Kier molecular flexibility index (Phi) is 6.99. The molecule has 0 bridgehead atoms. The van der Waals surface area contributed by atoms with Gasteiger partial charge in [0.2, 0.25) is 0 Å². The molecule has 2 rings (SSSR count). The smallest absolute Gasteiger partial charge is 0.318 e.